The van der Waals surface area contributed by atoms with Crippen molar-refractivity contribution in [2.24, 2.45) is 0 Å². The van der Waals surface area contributed by atoms with Crippen LogP contribution in [0, 0.1) is 0 Å². The predicted molar refractivity (Wildman–Crippen MR) is 97.4 cm³/mol. The first-order chi connectivity index (χ1) is 9.85. The van der Waals surface area contributed by atoms with Crippen molar-refractivity contribution in [2.45, 2.75) is 104 Å². The smallest absolute Gasteiger partial charge is 0.0950 e. The molecule has 122 valence electrons. The number of rotatable bonds is 16. The van der Waals surface area contributed by atoms with Gasteiger partial charge in [-0.05, 0) is 32.0 Å². The van der Waals surface area contributed by atoms with Gasteiger partial charge in [0.1, 0.15) is 0 Å². The molecule has 0 aliphatic carbocycles. The highest BCUT2D eigenvalue weighted by Crippen LogP contribution is 2.08. The molecule has 20 heavy (non-hydrogen) atoms. The van der Waals surface area contributed by atoms with Gasteiger partial charge in [0.15, 0.2) is 0 Å². The van der Waals surface area contributed by atoms with E-state index in [9.17, 15) is 0 Å². The molecule has 0 radical (unpaired) electrons. The highest BCUT2D eigenvalue weighted by Gasteiger charge is 2.04. The van der Waals surface area contributed by atoms with Crippen molar-refractivity contribution >= 4 is 9.68 Å². The summed E-state index contributed by atoms with van der Waals surface area (Å²) in [5.41, 5.74) is 0. The van der Waals surface area contributed by atoms with E-state index >= 15 is 0 Å². The molecule has 0 aliphatic rings. The molecule has 0 unspecified atom stereocenters. The lowest BCUT2D eigenvalue weighted by Gasteiger charge is -2.22. The van der Waals surface area contributed by atoms with E-state index in [1.54, 1.807) is 6.04 Å². The lowest BCUT2D eigenvalue weighted by molar-refractivity contribution is 0.404. The Morgan fingerprint density at radius 2 is 1.00 bits per heavy atom. The Bertz CT molecular complexity index is 161. The number of unbranched alkanes of at least 4 members (excludes halogenated alkanes) is 9. The third-order valence-corrected chi connectivity index (χ3v) is 6.31. The van der Waals surface area contributed by atoms with Gasteiger partial charge in [0.05, 0.1) is 9.68 Å². The third kappa shape index (κ3) is 14.6. The van der Waals surface area contributed by atoms with E-state index in [-0.39, 0.29) is 9.68 Å². The average Bonchev–Trinajstić information content (AvgIpc) is 2.47. The second-order valence-corrected chi connectivity index (χ2v) is 8.43. The summed E-state index contributed by atoms with van der Waals surface area (Å²) in [5, 5.41) is 0. The normalized spacial score (nSPS) is 12.0. The Balaban J connectivity index is 3.67. The van der Waals surface area contributed by atoms with E-state index in [4.69, 9.17) is 0 Å². The van der Waals surface area contributed by atoms with Gasteiger partial charge in [-0.15, -0.1) is 0 Å². The summed E-state index contributed by atoms with van der Waals surface area (Å²) < 4.78 is 2.89. The lowest BCUT2D eigenvalue weighted by Crippen LogP contribution is -2.30. The topological polar surface area (TPSA) is 3.24 Å². The quantitative estimate of drug-likeness (QED) is 0.267. The molecule has 0 aromatic carbocycles. The van der Waals surface area contributed by atoms with Crippen LogP contribution in [0.1, 0.15) is 97.8 Å². The zero-order chi connectivity index (χ0) is 14.9. The first-order valence-corrected chi connectivity index (χ1v) is 11.2. The molecule has 0 rings (SSSR count). The maximum atomic E-state index is 2.89. The van der Waals surface area contributed by atoms with E-state index < -0.39 is 0 Å². The monoisotopic (exact) mass is 299 g/mol. The molecule has 0 saturated heterocycles. The fraction of sp³-hybridized carbons (Fsp3) is 1.00. The molecule has 0 spiro atoms. The number of nitrogens with zero attached hydrogens (tertiary/aromatic N) is 1. The van der Waals surface area contributed by atoms with Crippen molar-refractivity contribution < 1.29 is 0 Å². The molecule has 0 saturated carbocycles. The Kier molecular flexibility index (Phi) is 17.4. The van der Waals surface area contributed by atoms with Crippen LogP contribution >= 0.6 is 0 Å². The van der Waals surface area contributed by atoms with E-state index in [2.05, 4.69) is 25.3 Å². The Morgan fingerprint density at radius 1 is 0.550 bits per heavy atom. The lowest BCUT2D eigenvalue weighted by atomic mass is 10.2. The van der Waals surface area contributed by atoms with Gasteiger partial charge < -0.3 is 4.57 Å². The van der Waals surface area contributed by atoms with Crippen LogP contribution in [-0.2, 0) is 0 Å². The molecule has 0 fully saturated rings. The minimum Gasteiger partial charge on any atom is -0.329 e. The fourth-order valence-electron chi connectivity index (χ4n) is 2.80. The highest BCUT2D eigenvalue weighted by atomic mass is 28.2. The summed E-state index contributed by atoms with van der Waals surface area (Å²) in [7, 11) is 0.0621. The summed E-state index contributed by atoms with van der Waals surface area (Å²) in [5.74, 6) is 0. The molecular formula is C18H41NSi. The van der Waals surface area contributed by atoms with Crippen molar-refractivity contribution in [3.8, 4) is 0 Å². The van der Waals surface area contributed by atoms with E-state index in [1.807, 2.05) is 0 Å². The number of hydrogen-bond acceptors (Lipinski definition) is 1. The first kappa shape index (κ1) is 20.2. The number of hydrogen-bond donors (Lipinski definition) is 0. The van der Waals surface area contributed by atoms with Crippen LogP contribution in [0.4, 0.5) is 0 Å². The van der Waals surface area contributed by atoms with Crippen molar-refractivity contribution in [1.29, 1.82) is 0 Å². The largest absolute Gasteiger partial charge is 0.329 e. The minimum atomic E-state index is 0.0621. The van der Waals surface area contributed by atoms with Crippen molar-refractivity contribution in [3.63, 3.8) is 0 Å². The maximum absolute atomic E-state index is 2.89. The summed E-state index contributed by atoms with van der Waals surface area (Å²) >= 11 is 0. The zero-order valence-corrected chi connectivity index (χ0v) is 16.2. The SMILES string of the molecule is CCCCCC[SiH2]N(CCCCCC)CCCCCC. The molecular weight excluding hydrogens is 258 g/mol. The Labute approximate surface area is 131 Å². The first-order valence-electron chi connectivity index (χ1n) is 9.57. The van der Waals surface area contributed by atoms with Crippen LogP contribution in [0.15, 0.2) is 0 Å². The molecule has 0 aromatic rings. The zero-order valence-electron chi connectivity index (χ0n) is 14.8. The van der Waals surface area contributed by atoms with Crippen molar-refractivity contribution in [3.05, 3.63) is 0 Å². The summed E-state index contributed by atoms with van der Waals surface area (Å²) in [6.45, 7) is 9.75. The van der Waals surface area contributed by atoms with Crippen LogP contribution in [0.25, 0.3) is 0 Å². The standard InChI is InChI=1S/C18H41NSi/c1-4-7-10-13-16-19(17-14-11-8-5-2)20-18-15-12-9-6-3/h4-18,20H2,1-3H3. The van der Waals surface area contributed by atoms with Gasteiger partial charge in [0, 0.05) is 0 Å². The maximum Gasteiger partial charge on any atom is 0.0950 e. The molecule has 1 nitrogen and oxygen atoms in total. The van der Waals surface area contributed by atoms with Crippen LogP contribution in [0.3, 0.4) is 0 Å². The van der Waals surface area contributed by atoms with Crippen LogP contribution < -0.4 is 0 Å². The van der Waals surface area contributed by atoms with Gasteiger partial charge in [-0.3, -0.25) is 0 Å². The Hall–Kier alpha value is 0.177. The predicted octanol–water partition coefficient (Wildman–Crippen LogP) is 5.53. The summed E-state index contributed by atoms with van der Waals surface area (Å²) in [4.78, 5) is 0. The van der Waals surface area contributed by atoms with E-state index in [1.165, 1.54) is 90.1 Å². The second-order valence-electron chi connectivity index (χ2n) is 6.38. The highest BCUT2D eigenvalue weighted by molar-refractivity contribution is 6.31. The minimum absolute atomic E-state index is 0.0621. The molecule has 0 aliphatic heterocycles. The molecule has 0 atom stereocenters. The van der Waals surface area contributed by atoms with Crippen LogP contribution in [0.2, 0.25) is 6.04 Å². The summed E-state index contributed by atoms with van der Waals surface area (Å²) in [6.07, 6.45) is 17.2. The molecule has 0 amide bonds. The van der Waals surface area contributed by atoms with Crippen LogP contribution in [-0.4, -0.2) is 27.3 Å². The van der Waals surface area contributed by atoms with Gasteiger partial charge in [-0.2, -0.15) is 0 Å². The van der Waals surface area contributed by atoms with Gasteiger partial charge in [-0.25, -0.2) is 0 Å². The van der Waals surface area contributed by atoms with Gasteiger partial charge in [0.25, 0.3) is 0 Å². The van der Waals surface area contributed by atoms with E-state index in [0.717, 1.165) is 0 Å². The third-order valence-electron chi connectivity index (χ3n) is 4.23. The molecule has 2 heteroatoms. The second kappa shape index (κ2) is 17.2. The van der Waals surface area contributed by atoms with Gasteiger partial charge in [0.2, 0.25) is 0 Å². The van der Waals surface area contributed by atoms with Crippen LogP contribution in [0.5, 0.6) is 0 Å². The van der Waals surface area contributed by atoms with Crippen molar-refractivity contribution in [2.75, 3.05) is 13.1 Å². The van der Waals surface area contributed by atoms with Gasteiger partial charge >= 0.3 is 0 Å². The van der Waals surface area contributed by atoms with Gasteiger partial charge in [-0.1, -0.05) is 85.0 Å². The molecule has 0 N–H and O–H groups in total. The molecule has 0 aromatic heterocycles. The van der Waals surface area contributed by atoms with E-state index in [0.29, 0.717) is 0 Å². The fourth-order valence-corrected chi connectivity index (χ4v) is 4.72. The Morgan fingerprint density at radius 3 is 1.45 bits per heavy atom. The van der Waals surface area contributed by atoms with Crippen molar-refractivity contribution in [1.82, 2.24) is 4.57 Å². The summed E-state index contributed by atoms with van der Waals surface area (Å²) in [6, 6.07) is 1.56. The molecule has 0 bridgehead atoms. The molecule has 0 heterocycles. The average molecular weight is 300 g/mol.